The van der Waals surface area contributed by atoms with Gasteiger partial charge in [0.2, 0.25) is 0 Å². The summed E-state index contributed by atoms with van der Waals surface area (Å²) in [6.45, 7) is -1.60. The molecule has 0 aliphatic carbocycles. The second-order valence-electron chi connectivity index (χ2n) is 4.05. The van der Waals surface area contributed by atoms with Crippen molar-refractivity contribution in [2.24, 2.45) is 0 Å². The first-order valence-corrected chi connectivity index (χ1v) is 5.76. The smallest absolute Gasteiger partial charge is 0.335 e. The zero-order valence-electron chi connectivity index (χ0n) is 11.2. The molecular formula is C10H20O12. The Hall–Kier alpha value is -1.38. The summed E-state index contributed by atoms with van der Waals surface area (Å²) < 4.78 is 0. The quantitative estimate of drug-likeness (QED) is 0.200. The zero-order valence-corrected chi connectivity index (χ0v) is 11.2. The van der Waals surface area contributed by atoms with Crippen molar-refractivity contribution in [2.45, 2.75) is 36.6 Å². The van der Waals surface area contributed by atoms with Crippen LogP contribution in [-0.2, 0) is 9.59 Å². The SMILES string of the molecule is O=C(O)C(O)C(O)C(O)CO.O=C(O)[C@H](O)[C@@H](O)[C@H](O)CO. The highest BCUT2D eigenvalue weighted by molar-refractivity contribution is 5.73. The van der Waals surface area contributed by atoms with Crippen LogP contribution in [0, 0.1) is 0 Å². The molecule has 12 heteroatoms. The second-order valence-corrected chi connectivity index (χ2v) is 4.05. The normalized spacial score (nSPS) is 18.9. The van der Waals surface area contributed by atoms with Crippen LogP contribution >= 0.6 is 0 Å². The van der Waals surface area contributed by atoms with Gasteiger partial charge in [-0.15, -0.1) is 0 Å². The molecule has 0 saturated heterocycles. The van der Waals surface area contributed by atoms with E-state index in [2.05, 4.69) is 0 Å². The Bertz CT molecular complexity index is 302. The largest absolute Gasteiger partial charge is 0.479 e. The third-order valence-electron chi connectivity index (χ3n) is 2.32. The van der Waals surface area contributed by atoms with Gasteiger partial charge >= 0.3 is 11.9 Å². The molecule has 22 heavy (non-hydrogen) atoms. The number of aliphatic hydroxyl groups excluding tert-OH is 8. The zero-order chi connectivity index (χ0) is 18.0. The van der Waals surface area contributed by atoms with E-state index in [-0.39, 0.29) is 0 Å². The molecule has 0 aromatic heterocycles. The molecule has 0 radical (unpaired) electrons. The third-order valence-corrected chi connectivity index (χ3v) is 2.32. The van der Waals surface area contributed by atoms with Crippen LogP contribution in [-0.4, -0.2) is 113 Å². The van der Waals surface area contributed by atoms with Crippen LogP contribution in [0.25, 0.3) is 0 Å². The summed E-state index contributed by atoms with van der Waals surface area (Å²) >= 11 is 0. The lowest BCUT2D eigenvalue weighted by Gasteiger charge is -2.17. The maximum Gasteiger partial charge on any atom is 0.335 e. The van der Waals surface area contributed by atoms with E-state index in [0.717, 1.165) is 0 Å². The fourth-order valence-corrected chi connectivity index (χ4v) is 0.929. The molecule has 10 N–H and O–H groups in total. The minimum Gasteiger partial charge on any atom is -0.479 e. The molecule has 0 aromatic carbocycles. The highest BCUT2D eigenvalue weighted by Crippen LogP contribution is 2.00. The van der Waals surface area contributed by atoms with Gasteiger partial charge in [0.05, 0.1) is 13.2 Å². The molecule has 132 valence electrons. The first-order valence-electron chi connectivity index (χ1n) is 5.76. The molecule has 0 spiro atoms. The Balaban J connectivity index is 0. The molecule has 0 aliphatic heterocycles. The van der Waals surface area contributed by atoms with Crippen molar-refractivity contribution in [3.63, 3.8) is 0 Å². The van der Waals surface area contributed by atoms with Gasteiger partial charge in [0.1, 0.15) is 24.4 Å². The summed E-state index contributed by atoms with van der Waals surface area (Å²) in [6.07, 6.45) is -11.1. The average Bonchev–Trinajstić information content (AvgIpc) is 2.50. The lowest BCUT2D eigenvalue weighted by molar-refractivity contribution is -0.160. The summed E-state index contributed by atoms with van der Waals surface area (Å²) in [5, 5.41) is 84.5. The average molecular weight is 332 g/mol. The predicted octanol–water partition coefficient (Wildman–Crippen LogP) is -5.71. The van der Waals surface area contributed by atoms with Crippen LogP contribution in [0.1, 0.15) is 0 Å². The molecule has 0 heterocycles. The van der Waals surface area contributed by atoms with E-state index in [4.69, 9.17) is 51.1 Å². The highest BCUT2D eigenvalue weighted by Gasteiger charge is 2.30. The van der Waals surface area contributed by atoms with Crippen LogP contribution in [0.4, 0.5) is 0 Å². The Morgan fingerprint density at radius 3 is 1.00 bits per heavy atom. The summed E-state index contributed by atoms with van der Waals surface area (Å²) in [5.74, 6) is -3.30. The first kappa shape index (κ1) is 22.9. The number of carboxylic acids is 2. The standard InChI is InChI=1S/2C5H10O6/c2*6-1-2(7)3(8)4(9)5(10)11/h2*2-4,6-9H,1H2,(H,10,11)/t2-,3+,4-;/m1./s1. The van der Waals surface area contributed by atoms with Crippen molar-refractivity contribution in [3.05, 3.63) is 0 Å². The fourth-order valence-electron chi connectivity index (χ4n) is 0.929. The van der Waals surface area contributed by atoms with Gasteiger partial charge in [-0.05, 0) is 0 Å². The van der Waals surface area contributed by atoms with E-state index in [1.807, 2.05) is 0 Å². The monoisotopic (exact) mass is 332 g/mol. The van der Waals surface area contributed by atoms with E-state index in [1.165, 1.54) is 0 Å². The molecule has 12 nitrogen and oxygen atoms in total. The summed E-state index contributed by atoms with van der Waals surface area (Å²) in [5.41, 5.74) is 0. The molecule has 6 atom stereocenters. The molecular weight excluding hydrogens is 312 g/mol. The van der Waals surface area contributed by atoms with Crippen LogP contribution in [0.2, 0.25) is 0 Å². The number of carboxylic acid groups (broad SMARTS) is 2. The first-order chi connectivity index (χ1) is 10.0. The highest BCUT2D eigenvalue weighted by atomic mass is 16.4. The molecule has 0 bridgehead atoms. The fraction of sp³-hybridized carbons (Fsp3) is 0.800. The summed E-state index contributed by atoms with van der Waals surface area (Å²) in [7, 11) is 0. The van der Waals surface area contributed by atoms with Gasteiger partial charge in [-0.2, -0.15) is 0 Å². The number of aliphatic carboxylic acids is 2. The summed E-state index contributed by atoms with van der Waals surface area (Å²) in [6, 6.07) is 0. The van der Waals surface area contributed by atoms with Gasteiger partial charge in [-0.3, -0.25) is 0 Å². The molecule has 3 unspecified atom stereocenters. The molecule has 0 saturated carbocycles. The molecule has 0 aliphatic rings. The van der Waals surface area contributed by atoms with E-state index >= 15 is 0 Å². The Morgan fingerprint density at radius 2 is 0.864 bits per heavy atom. The van der Waals surface area contributed by atoms with Crippen LogP contribution < -0.4 is 0 Å². The number of hydrogen-bond donors (Lipinski definition) is 10. The van der Waals surface area contributed by atoms with Crippen molar-refractivity contribution < 1.29 is 60.7 Å². The molecule has 0 rings (SSSR count). The van der Waals surface area contributed by atoms with Crippen LogP contribution in [0.5, 0.6) is 0 Å². The Kier molecular flexibility index (Phi) is 11.7. The van der Waals surface area contributed by atoms with E-state index in [9.17, 15) is 9.59 Å². The van der Waals surface area contributed by atoms with E-state index in [0.29, 0.717) is 0 Å². The minimum absolute atomic E-state index is 0.800. The van der Waals surface area contributed by atoms with Gasteiger partial charge < -0.3 is 51.1 Å². The predicted molar refractivity (Wildman–Crippen MR) is 65.5 cm³/mol. The lowest BCUT2D eigenvalue weighted by atomic mass is 10.1. The van der Waals surface area contributed by atoms with Gasteiger partial charge in [0, 0.05) is 0 Å². The van der Waals surface area contributed by atoms with E-state index in [1.54, 1.807) is 0 Å². The van der Waals surface area contributed by atoms with Gasteiger partial charge in [-0.25, -0.2) is 9.59 Å². The maximum atomic E-state index is 9.96. The second kappa shape index (κ2) is 11.2. The van der Waals surface area contributed by atoms with Crippen molar-refractivity contribution in [1.82, 2.24) is 0 Å². The van der Waals surface area contributed by atoms with Crippen molar-refractivity contribution in [2.75, 3.05) is 13.2 Å². The van der Waals surface area contributed by atoms with Gasteiger partial charge in [0.15, 0.2) is 12.2 Å². The van der Waals surface area contributed by atoms with Crippen molar-refractivity contribution in [3.8, 4) is 0 Å². The van der Waals surface area contributed by atoms with Crippen molar-refractivity contribution in [1.29, 1.82) is 0 Å². The Morgan fingerprint density at radius 1 is 0.636 bits per heavy atom. The van der Waals surface area contributed by atoms with E-state index < -0.39 is 61.8 Å². The van der Waals surface area contributed by atoms with Gasteiger partial charge in [-0.1, -0.05) is 0 Å². The van der Waals surface area contributed by atoms with Crippen LogP contribution in [0.15, 0.2) is 0 Å². The number of carbonyl (C=O) groups is 2. The molecule has 0 fully saturated rings. The van der Waals surface area contributed by atoms with Crippen LogP contribution in [0.3, 0.4) is 0 Å². The maximum absolute atomic E-state index is 9.96. The number of hydrogen-bond acceptors (Lipinski definition) is 10. The van der Waals surface area contributed by atoms with Gasteiger partial charge in [0.25, 0.3) is 0 Å². The molecule has 0 amide bonds. The third kappa shape index (κ3) is 8.16. The minimum atomic E-state index is -2.07. The topological polar surface area (TPSA) is 236 Å². The summed E-state index contributed by atoms with van der Waals surface area (Å²) in [4.78, 5) is 19.9. The molecule has 0 aromatic rings. The Labute approximate surface area is 123 Å². The number of aliphatic hydroxyl groups is 8. The lowest BCUT2D eigenvalue weighted by Crippen LogP contribution is -2.43. The van der Waals surface area contributed by atoms with Crippen molar-refractivity contribution >= 4 is 11.9 Å². The number of rotatable bonds is 8.